The van der Waals surface area contributed by atoms with Crippen molar-refractivity contribution < 1.29 is 0 Å². The number of hydrogen-bond donors (Lipinski definition) is 0. The Labute approximate surface area is 108 Å². The average Bonchev–Trinajstić information content (AvgIpc) is 2.69. The molecule has 0 bridgehead atoms. The summed E-state index contributed by atoms with van der Waals surface area (Å²) in [5, 5.41) is 9.51. The predicted octanol–water partition coefficient (Wildman–Crippen LogP) is 3.42. The molecule has 1 aliphatic rings. The molecule has 1 saturated heterocycles. The summed E-state index contributed by atoms with van der Waals surface area (Å²) < 4.78 is 1.07. The van der Waals surface area contributed by atoms with Gasteiger partial charge >= 0.3 is 0 Å². The molecule has 2 rings (SSSR count). The van der Waals surface area contributed by atoms with Crippen LogP contribution in [0.1, 0.15) is 18.4 Å². The Bertz CT molecular complexity index is 396. The minimum Gasteiger partial charge on any atom is -0.369 e. The van der Waals surface area contributed by atoms with Crippen LogP contribution in [0, 0.1) is 14.9 Å². The highest BCUT2D eigenvalue weighted by molar-refractivity contribution is 14.1. The average molecular weight is 333 g/mol. The van der Waals surface area contributed by atoms with Crippen LogP contribution in [-0.4, -0.2) is 13.1 Å². The molecule has 1 aromatic carbocycles. The summed E-state index contributed by atoms with van der Waals surface area (Å²) in [6.45, 7) is 2.14. The minimum atomic E-state index is 0.632. The van der Waals surface area contributed by atoms with E-state index in [-0.39, 0.29) is 0 Å². The zero-order valence-electron chi connectivity index (χ0n) is 8.13. The van der Waals surface area contributed by atoms with Crippen LogP contribution in [0.5, 0.6) is 0 Å². The van der Waals surface area contributed by atoms with Crippen molar-refractivity contribution >= 4 is 39.9 Å². The largest absolute Gasteiger partial charge is 0.369 e. The van der Waals surface area contributed by atoms with E-state index in [0.29, 0.717) is 10.6 Å². The highest BCUT2D eigenvalue weighted by Gasteiger charge is 2.18. The Morgan fingerprint density at radius 2 is 2.00 bits per heavy atom. The Hall–Kier alpha value is -0.470. The highest BCUT2D eigenvalue weighted by atomic mass is 127. The van der Waals surface area contributed by atoms with E-state index < -0.39 is 0 Å². The number of hydrogen-bond acceptors (Lipinski definition) is 2. The van der Waals surface area contributed by atoms with Crippen LogP contribution in [0.3, 0.4) is 0 Å². The number of nitriles is 1. The molecule has 0 saturated carbocycles. The van der Waals surface area contributed by atoms with Gasteiger partial charge in [-0.05, 0) is 47.6 Å². The summed E-state index contributed by atoms with van der Waals surface area (Å²) in [7, 11) is 0. The van der Waals surface area contributed by atoms with E-state index in [4.69, 9.17) is 16.9 Å². The molecule has 2 nitrogen and oxygen atoms in total. The number of rotatable bonds is 1. The third kappa shape index (κ3) is 2.21. The SMILES string of the molecule is N#Cc1cc(Cl)c(N2CCCC2)c(I)c1. The van der Waals surface area contributed by atoms with Crippen LogP contribution in [0.4, 0.5) is 5.69 Å². The highest BCUT2D eigenvalue weighted by Crippen LogP contribution is 2.34. The molecule has 0 unspecified atom stereocenters. The van der Waals surface area contributed by atoms with Crippen molar-refractivity contribution in [3.63, 3.8) is 0 Å². The molecular weight excluding hydrogens is 322 g/mol. The summed E-state index contributed by atoms with van der Waals surface area (Å²) >= 11 is 8.44. The molecule has 78 valence electrons. The Balaban J connectivity index is 2.43. The smallest absolute Gasteiger partial charge is 0.0992 e. The molecule has 0 N–H and O–H groups in total. The van der Waals surface area contributed by atoms with Gasteiger partial charge in [0.2, 0.25) is 0 Å². The Kier molecular flexibility index (Phi) is 3.37. The number of halogens is 2. The van der Waals surface area contributed by atoms with Crippen molar-refractivity contribution in [1.82, 2.24) is 0 Å². The lowest BCUT2D eigenvalue weighted by atomic mass is 10.2. The lowest BCUT2D eigenvalue weighted by molar-refractivity contribution is 0.949. The molecule has 0 aliphatic carbocycles. The van der Waals surface area contributed by atoms with Crippen molar-refractivity contribution in [3.05, 3.63) is 26.3 Å². The first kappa shape index (κ1) is 11.0. The third-order valence-electron chi connectivity index (χ3n) is 2.57. The van der Waals surface area contributed by atoms with Crippen LogP contribution >= 0.6 is 34.2 Å². The van der Waals surface area contributed by atoms with Crippen LogP contribution in [-0.2, 0) is 0 Å². The number of benzene rings is 1. The monoisotopic (exact) mass is 332 g/mol. The molecule has 4 heteroatoms. The molecule has 0 radical (unpaired) electrons. The quantitative estimate of drug-likeness (QED) is 0.737. The van der Waals surface area contributed by atoms with Gasteiger partial charge in [-0.2, -0.15) is 5.26 Å². The van der Waals surface area contributed by atoms with E-state index in [9.17, 15) is 0 Å². The van der Waals surface area contributed by atoms with E-state index >= 15 is 0 Å². The van der Waals surface area contributed by atoms with Gasteiger partial charge in [-0.1, -0.05) is 11.6 Å². The topological polar surface area (TPSA) is 27.0 Å². The molecule has 1 aromatic rings. The van der Waals surface area contributed by atoms with Crippen LogP contribution < -0.4 is 4.90 Å². The predicted molar refractivity (Wildman–Crippen MR) is 70.3 cm³/mol. The zero-order valence-corrected chi connectivity index (χ0v) is 11.0. The van der Waals surface area contributed by atoms with Crippen molar-refractivity contribution in [2.45, 2.75) is 12.8 Å². The van der Waals surface area contributed by atoms with Crippen molar-refractivity contribution in [1.29, 1.82) is 5.26 Å². The van der Waals surface area contributed by atoms with E-state index in [2.05, 4.69) is 33.6 Å². The zero-order chi connectivity index (χ0) is 10.8. The maximum atomic E-state index is 8.82. The van der Waals surface area contributed by atoms with Gasteiger partial charge in [0.15, 0.2) is 0 Å². The second-order valence-electron chi connectivity index (χ2n) is 3.59. The standard InChI is InChI=1S/C11H10ClIN2/c12-9-5-8(7-14)6-10(13)11(9)15-3-1-2-4-15/h5-6H,1-4H2. The normalized spacial score (nSPS) is 15.4. The fourth-order valence-electron chi connectivity index (χ4n) is 1.87. The summed E-state index contributed by atoms with van der Waals surface area (Å²) in [6.07, 6.45) is 2.46. The maximum Gasteiger partial charge on any atom is 0.0992 e. The van der Waals surface area contributed by atoms with Gasteiger partial charge in [-0.3, -0.25) is 0 Å². The fraction of sp³-hybridized carbons (Fsp3) is 0.364. The van der Waals surface area contributed by atoms with E-state index in [1.165, 1.54) is 12.8 Å². The molecule has 1 aliphatic heterocycles. The lowest BCUT2D eigenvalue weighted by Gasteiger charge is -2.20. The maximum absolute atomic E-state index is 8.82. The Morgan fingerprint density at radius 3 is 2.53 bits per heavy atom. The molecule has 0 spiro atoms. The third-order valence-corrected chi connectivity index (χ3v) is 3.68. The molecule has 0 amide bonds. The van der Waals surface area contributed by atoms with E-state index in [1.54, 1.807) is 6.07 Å². The molecule has 1 heterocycles. The molecule has 1 fully saturated rings. The molecule has 0 aromatic heterocycles. The summed E-state index contributed by atoms with van der Waals surface area (Å²) in [4.78, 5) is 2.30. The van der Waals surface area contributed by atoms with Gasteiger partial charge in [0, 0.05) is 16.7 Å². The second-order valence-corrected chi connectivity index (χ2v) is 5.16. The number of anilines is 1. The minimum absolute atomic E-state index is 0.632. The van der Waals surface area contributed by atoms with Crippen LogP contribution in [0.15, 0.2) is 12.1 Å². The molecule has 0 atom stereocenters. The van der Waals surface area contributed by atoms with Gasteiger partial charge in [0.05, 0.1) is 22.3 Å². The first-order valence-corrected chi connectivity index (χ1v) is 6.32. The van der Waals surface area contributed by atoms with E-state index in [0.717, 1.165) is 22.3 Å². The molecular formula is C11H10ClIN2. The van der Waals surface area contributed by atoms with Crippen LogP contribution in [0.2, 0.25) is 5.02 Å². The fourth-order valence-corrected chi connectivity index (χ4v) is 3.34. The summed E-state index contributed by atoms with van der Waals surface area (Å²) in [5.74, 6) is 0. The van der Waals surface area contributed by atoms with Gasteiger partial charge < -0.3 is 4.90 Å². The second kappa shape index (κ2) is 4.58. The summed E-state index contributed by atoms with van der Waals surface area (Å²) in [5.41, 5.74) is 1.72. The van der Waals surface area contributed by atoms with Gasteiger partial charge in [0.1, 0.15) is 0 Å². The van der Waals surface area contributed by atoms with Crippen molar-refractivity contribution in [2.24, 2.45) is 0 Å². The van der Waals surface area contributed by atoms with Gasteiger partial charge in [-0.25, -0.2) is 0 Å². The van der Waals surface area contributed by atoms with Gasteiger partial charge in [-0.15, -0.1) is 0 Å². The number of nitrogens with zero attached hydrogens (tertiary/aromatic N) is 2. The van der Waals surface area contributed by atoms with Crippen molar-refractivity contribution in [2.75, 3.05) is 18.0 Å². The summed E-state index contributed by atoms with van der Waals surface area (Å²) in [6, 6.07) is 5.76. The first-order chi connectivity index (χ1) is 7.22. The van der Waals surface area contributed by atoms with Gasteiger partial charge in [0.25, 0.3) is 0 Å². The lowest BCUT2D eigenvalue weighted by Crippen LogP contribution is -2.19. The molecule has 15 heavy (non-hydrogen) atoms. The Morgan fingerprint density at radius 1 is 1.33 bits per heavy atom. The van der Waals surface area contributed by atoms with E-state index in [1.807, 2.05) is 6.07 Å². The van der Waals surface area contributed by atoms with Crippen LogP contribution in [0.25, 0.3) is 0 Å². The van der Waals surface area contributed by atoms with Crippen molar-refractivity contribution in [3.8, 4) is 6.07 Å². The first-order valence-electron chi connectivity index (χ1n) is 4.86.